The van der Waals surface area contributed by atoms with E-state index in [2.05, 4.69) is 11.9 Å². The molecule has 6 heteroatoms. The number of fused-ring (bicyclic) bond motifs is 3. The quantitative estimate of drug-likeness (QED) is 0.828. The van der Waals surface area contributed by atoms with Crippen LogP contribution in [0.25, 0.3) is 10.2 Å². The number of carbonyl (C=O) groups excluding carboxylic acids is 1. The Kier molecular flexibility index (Phi) is 4.63. The van der Waals surface area contributed by atoms with E-state index < -0.39 is 0 Å². The van der Waals surface area contributed by atoms with Crippen molar-refractivity contribution < 1.29 is 4.79 Å². The van der Waals surface area contributed by atoms with Crippen LogP contribution in [0.3, 0.4) is 0 Å². The highest BCUT2D eigenvalue weighted by atomic mass is 32.1. The van der Waals surface area contributed by atoms with Crippen molar-refractivity contribution >= 4 is 27.5 Å². The Hall–Kier alpha value is -1.69. The summed E-state index contributed by atoms with van der Waals surface area (Å²) in [4.78, 5) is 34.2. The zero-order chi connectivity index (χ0) is 17.4. The highest BCUT2D eigenvalue weighted by Crippen LogP contribution is 2.35. The number of hydrogen-bond acceptors (Lipinski definition) is 4. The van der Waals surface area contributed by atoms with Gasteiger partial charge in [-0.15, -0.1) is 11.3 Å². The molecule has 0 N–H and O–H groups in total. The van der Waals surface area contributed by atoms with Crippen LogP contribution in [-0.4, -0.2) is 33.4 Å². The van der Waals surface area contributed by atoms with Gasteiger partial charge in [0, 0.05) is 18.0 Å². The normalized spacial score (nSPS) is 21.2. The van der Waals surface area contributed by atoms with Crippen molar-refractivity contribution in [2.24, 2.45) is 5.92 Å². The fourth-order valence-corrected chi connectivity index (χ4v) is 5.39. The molecular formula is C19H25N3O2S. The minimum Gasteiger partial charge on any atom is -0.341 e. The summed E-state index contributed by atoms with van der Waals surface area (Å²) in [6.45, 7) is 4.01. The molecule has 2 aromatic rings. The summed E-state index contributed by atoms with van der Waals surface area (Å²) in [7, 11) is 0. The first-order valence-electron chi connectivity index (χ1n) is 9.41. The van der Waals surface area contributed by atoms with Gasteiger partial charge in [0.2, 0.25) is 5.91 Å². The summed E-state index contributed by atoms with van der Waals surface area (Å²) in [5.74, 6) is 0.718. The third-order valence-corrected chi connectivity index (χ3v) is 6.71. The fourth-order valence-electron chi connectivity index (χ4n) is 4.04. The Bertz CT molecular complexity index is 846. The fraction of sp³-hybridized carbons (Fsp3) is 0.632. The predicted octanol–water partition coefficient (Wildman–Crippen LogP) is 2.99. The smallest absolute Gasteiger partial charge is 0.262 e. The van der Waals surface area contributed by atoms with Gasteiger partial charge in [0.25, 0.3) is 5.56 Å². The van der Waals surface area contributed by atoms with Crippen LogP contribution in [0.15, 0.2) is 11.1 Å². The zero-order valence-corrected chi connectivity index (χ0v) is 15.6. The standard InChI is InChI=1S/C19H25N3O2S/c1-13-6-7-14-15(10-13)25-18-17(14)19(24)22(12-20-18)11-16(23)21-8-4-2-3-5-9-21/h12-13H,2-11H2,1H3/t13-/m0/s1. The molecule has 134 valence electrons. The van der Waals surface area contributed by atoms with Crippen molar-refractivity contribution in [3.8, 4) is 0 Å². The van der Waals surface area contributed by atoms with E-state index in [-0.39, 0.29) is 18.0 Å². The Balaban J connectivity index is 1.63. The van der Waals surface area contributed by atoms with E-state index in [1.54, 1.807) is 17.7 Å². The molecule has 0 radical (unpaired) electrons. The number of thiophene rings is 1. The van der Waals surface area contributed by atoms with Crippen molar-refractivity contribution in [3.63, 3.8) is 0 Å². The molecule has 0 spiro atoms. The molecule has 0 bridgehead atoms. The molecule has 3 heterocycles. The zero-order valence-electron chi connectivity index (χ0n) is 14.8. The molecule has 25 heavy (non-hydrogen) atoms. The number of hydrogen-bond donors (Lipinski definition) is 0. The molecule has 1 aliphatic heterocycles. The van der Waals surface area contributed by atoms with Gasteiger partial charge in [-0.1, -0.05) is 19.8 Å². The third-order valence-electron chi connectivity index (χ3n) is 5.55. The SMILES string of the molecule is C[C@H]1CCc2c(sc3ncn(CC(=O)N4CCCCCC4)c(=O)c23)C1. The molecule has 1 aliphatic carbocycles. The first kappa shape index (κ1) is 16.8. The maximum absolute atomic E-state index is 13.0. The summed E-state index contributed by atoms with van der Waals surface area (Å²) in [6.07, 6.45) is 9.20. The van der Waals surface area contributed by atoms with Crippen LogP contribution in [0.2, 0.25) is 0 Å². The average molecular weight is 359 g/mol. The second-order valence-corrected chi connectivity index (χ2v) is 8.59. The molecule has 0 saturated carbocycles. The summed E-state index contributed by atoms with van der Waals surface area (Å²) in [5.41, 5.74) is 1.15. The van der Waals surface area contributed by atoms with Crippen molar-refractivity contribution in [2.45, 2.75) is 58.4 Å². The highest BCUT2D eigenvalue weighted by Gasteiger charge is 2.24. The van der Waals surface area contributed by atoms with Crippen LogP contribution in [-0.2, 0) is 24.2 Å². The molecule has 1 atom stereocenters. The molecule has 1 amide bonds. The Morgan fingerprint density at radius 2 is 2.04 bits per heavy atom. The van der Waals surface area contributed by atoms with Gasteiger partial charge in [-0.3, -0.25) is 14.2 Å². The second-order valence-electron chi connectivity index (χ2n) is 7.50. The van der Waals surface area contributed by atoms with E-state index in [1.165, 1.54) is 27.8 Å². The number of rotatable bonds is 2. The maximum atomic E-state index is 13.0. The topological polar surface area (TPSA) is 55.2 Å². The largest absolute Gasteiger partial charge is 0.341 e. The molecule has 2 aromatic heterocycles. The first-order valence-corrected chi connectivity index (χ1v) is 10.2. The van der Waals surface area contributed by atoms with Crippen molar-refractivity contribution in [3.05, 3.63) is 27.1 Å². The summed E-state index contributed by atoms with van der Waals surface area (Å²) in [6, 6.07) is 0. The lowest BCUT2D eigenvalue weighted by molar-refractivity contribution is -0.131. The van der Waals surface area contributed by atoms with E-state index in [0.717, 1.165) is 55.4 Å². The van der Waals surface area contributed by atoms with Gasteiger partial charge in [-0.25, -0.2) is 4.98 Å². The maximum Gasteiger partial charge on any atom is 0.262 e. The first-order chi connectivity index (χ1) is 12.1. The predicted molar refractivity (Wildman–Crippen MR) is 100 cm³/mol. The van der Waals surface area contributed by atoms with Gasteiger partial charge in [-0.2, -0.15) is 0 Å². The average Bonchev–Trinajstić information content (AvgIpc) is 2.78. The molecule has 1 saturated heterocycles. The van der Waals surface area contributed by atoms with Gasteiger partial charge in [0.15, 0.2) is 0 Å². The van der Waals surface area contributed by atoms with Crippen LogP contribution < -0.4 is 5.56 Å². The Morgan fingerprint density at radius 1 is 1.28 bits per heavy atom. The Labute approximate surface area is 151 Å². The van der Waals surface area contributed by atoms with Crippen molar-refractivity contribution in [1.29, 1.82) is 0 Å². The number of amides is 1. The van der Waals surface area contributed by atoms with E-state index in [9.17, 15) is 9.59 Å². The summed E-state index contributed by atoms with van der Waals surface area (Å²) >= 11 is 1.66. The minimum atomic E-state index is -0.0415. The monoisotopic (exact) mass is 359 g/mol. The lowest BCUT2D eigenvalue weighted by atomic mass is 9.89. The van der Waals surface area contributed by atoms with Crippen molar-refractivity contribution in [1.82, 2.24) is 14.5 Å². The highest BCUT2D eigenvalue weighted by molar-refractivity contribution is 7.18. The van der Waals surface area contributed by atoms with E-state index >= 15 is 0 Å². The molecule has 1 fully saturated rings. The number of likely N-dealkylation sites (tertiary alicyclic amines) is 1. The Morgan fingerprint density at radius 3 is 2.80 bits per heavy atom. The van der Waals surface area contributed by atoms with E-state index in [0.29, 0.717) is 5.92 Å². The van der Waals surface area contributed by atoms with Crippen LogP contribution in [0.1, 0.15) is 49.5 Å². The van der Waals surface area contributed by atoms with Gasteiger partial charge in [-0.05, 0) is 43.6 Å². The molecule has 0 aromatic carbocycles. The van der Waals surface area contributed by atoms with Crippen molar-refractivity contribution in [2.75, 3.05) is 13.1 Å². The number of aryl methyl sites for hydroxylation is 1. The molecular weight excluding hydrogens is 334 g/mol. The lowest BCUT2D eigenvalue weighted by Gasteiger charge is -2.20. The van der Waals surface area contributed by atoms with E-state index in [4.69, 9.17) is 0 Å². The number of aromatic nitrogens is 2. The molecule has 0 unspecified atom stereocenters. The molecule has 4 rings (SSSR count). The molecule has 2 aliphatic rings. The second kappa shape index (κ2) is 6.90. The number of carbonyl (C=O) groups is 1. The van der Waals surface area contributed by atoms with Gasteiger partial charge in [0.05, 0.1) is 11.7 Å². The van der Waals surface area contributed by atoms with Gasteiger partial charge < -0.3 is 4.90 Å². The minimum absolute atomic E-state index is 0.0415. The third kappa shape index (κ3) is 3.24. The van der Waals surface area contributed by atoms with Crippen LogP contribution >= 0.6 is 11.3 Å². The summed E-state index contributed by atoms with van der Waals surface area (Å²) < 4.78 is 1.51. The van der Waals surface area contributed by atoms with Crippen LogP contribution in [0.5, 0.6) is 0 Å². The summed E-state index contributed by atoms with van der Waals surface area (Å²) in [5, 5.41) is 0.762. The lowest BCUT2D eigenvalue weighted by Crippen LogP contribution is -2.37. The number of nitrogens with zero attached hydrogens (tertiary/aromatic N) is 3. The van der Waals surface area contributed by atoms with Crippen LogP contribution in [0, 0.1) is 5.92 Å². The molecule has 5 nitrogen and oxygen atoms in total. The van der Waals surface area contributed by atoms with Gasteiger partial charge in [0.1, 0.15) is 11.4 Å². The van der Waals surface area contributed by atoms with Gasteiger partial charge >= 0.3 is 0 Å². The van der Waals surface area contributed by atoms with Crippen LogP contribution in [0.4, 0.5) is 0 Å². The van der Waals surface area contributed by atoms with E-state index in [1.807, 2.05) is 4.90 Å².